The molecule has 0 bridgehead atoms. The van der Waals surface area contributed by atoms with Crippen LogP contribution in [0.1, 0.15) is 25.2 Å². The van der Waals surface area contributed by atoms with E-state index in [2.05, 4.69) is 0 Å². The Hall–Kier alpha value is -2.76. The van der Waals surface area contributed by atoms with E-state index >= 15 is 0 Å². The Balaban J connectivity index is 2.19. The molecule has 24 heavy (non-hydrogen) atoms. The van der Waals surface area contributed by atoms with Gasteiger partial charge in [-0.15, -0.1) is 0 Å². The second-order valence-electron chi connectivity index (χ2n) is 6.08. The van der Waals surface area contributed by atoms with E-state index in [0.717, 1.165) is 12.3 Å². The first-order valence-corrected chi connectivity index (χ1v) is 7.33. The van der Waals surface area contributed by atoms with Gasteiger partial charge in [0.15, 0.2) is 17.6 Å². The Morgan fingerprint density at radius 3 is 2.88 bits per heavy atom. The molecule has 7 nitrogen and oxygen atoms in total. The fraction of sp³-hybridized carbons (Fsp3) is 0.353. The topological polar surface area (TPSA) is 106 Å². The van der Waals surface area contributed by atoms with Gasteiger partial charge >= 0.3 is 0 Å². The van der Waals surface area contributed by atoms with Crippen LogP contribution in [0.5, 0.6) is 11.5 Å². The van der Waals surface area contributed by atoms with Gasteiger partial charge in [-0.1, -0.05) is 0 Å². The highest BCUT2D eigenvalue weighted by Crippen LogP contribution is 2.42. The molecule has 1 aromatic heterocycles. The van der Waals surface area contributed by atoms with Crippen molar-refractivity contribution in [2.75, 3.05) is 0 Å². The van der Waals surface area contributed by atoms with Gasteiger partial charge in [0.25, 0.3) is 0 Å². The highest BCUT2D eigenvalue weighted by molar-refractivity contribution is 5.87. The van der Waals surface area contributed by atoms with E-state index in [0.29, 0.717) is 11.3 Å². The first kappa shape index (κ1) is 16.1. The molecule has 2 aromatic rings. The van der Waals surface area contributed by atoms with Crippen LogP contribution in [0.25, 0.3) is 11.0 Å². The predicted molar refractivity (Wildman–Crippen MR) is 83.6 cm³/mol. The minimum Gasteiger partial charge on any atom is -0.507 e. The maximum Gasteiger partial charge on any atom is 0.196 e. The molecule has 0 amide bonds. The Morgan fingerprint density at radius 2 is 2.21 bits per heavy atom. The summed E-state index contributed by atoms with van der Waals surface area (Å²) in [6.45, 7) is 3.13. The minimum atomic E-state index is -0.782. The van der Waals surface area contributed by atoms with Crippen LogP contribution < -0.4 is 10.2 Å². The summed E-state index contributed by atoms with van der Waals surface area (Å²) in [4.78, 5) is 22.6. The second kappa shape index (κ2) is 5.70. The van der Waals surface area contributed by atoms with Crippen LogP contribution in [0.4, 0.5) is 0 Å². The van der Waals surface area contributed by atoms with Gasteiger partial charge in [-0.25, -0.2) is 4.79 Å². The fourth-order valence-corrected chi connectivity index (χ4v) is 2.84. The van der Waals surface area contributed by atoms with Crippen molar-refractivity contribution < 1.29 is 28.9 Å². The van der Waals surface area contributed by atoms with E-state index < -0.39 is 23.7 Å². The number of carbonyl (C=O) groups excluding carboxylic acids is 1. The lowest BCUT2D eigenvalue weighted by Crippen LogP contribution is -2.47. The third kappa shape index (κ3) is 2.54. The zero-order valence-corrected chi connectivity index (χ0v) is 13.2. The summed E-state index contributed by atoms with van der Waals surface area (Å²) in [5, 5.41) is 19.7. The predicted octanol–water partition coefficient (Wildman–Crippen LogP) is 1.43. The average molecular weight is 332 g/mol. The van der Waals surface area contributed by atoms with E-state index in [4.69, 9.17) is 19.0 Å². The van der Waals surface area contributed by atoms with Crippen molar-refractivity contribution in [3.8, 4) is 11.5 Å². The Morgan fingerprint density at radius 1 is 1.46 bits per heavy atom. The van der Waals surface area contributed by atoms with Gasteiger partial charge in [0.05, 0.1) is 0 Å². The zero-order valence-electron chi connectivity index (χ0n) is 13.2. The van der Waals surface area contributed by atoms with Gasteiger partial charge in [0.2, 0.25) is 0 Å². The molecule has 0 radical (unpaired) electrons. The molecule has 2 heterocycles. The highest BCUT2D eigenvalue weighted by atomic mass is 16.6. The number of aliphatic hydroxyl groups excluding tert-OH is 1. The van der Waals surface area contributed by atoms with Gasteiger partial charge in [0, 0.05) is 24.1 Å². The summed E-state index contributed by atoms with van der Waals surface area (Å²) in [6.07, 6.45) is 0.600. The molecule has 1 atom stereocenters. The molecular formula is C17H16O7. The molecular weight excluding hydrogens is 316 g/mol. The summed E-state index contributed by atoms with van der Waals surface area (Å²) in [5.41, 5.74) is -0.716. The van der Waals surface area contributed by atoms with Gasteiger partial charge in [0.1, 0.15) is 46.5 Å². The molecule has 0 saturated heterocycles. The lowest BCUT2D eigenvalue weighted by Gasteiger charge is -2.39. The molecule has 2 N–H and O–H groups in total. The van der Waals surface area contributed by atoms with E-state index in [9.17, 15) is 14.7 Å². The molecule has 0 unspecified atom stereocenters. The summed E-state index contributed by atoms with van der Waals surface area (Å²) in [6, 6.07) is 2.64. The number of ether oxygens (including phenoxy) is 2. The van der Waals surface area contributed by atoms with Crippen molar-refractivity contribution in [3.63, 3.8) is 0 Å². The quantitative estimate of drug-likeness (QED) is 0.647. The van der Waals surface area contributed by atoms with Crippen molar-refractivity contribution in [1.29, 1.82) is 0 Å². The van der Waals surface area contributed by atoms with Gasteiger partial charge < -0.3 is 24.1 Å². The second-order valence-corrected chi connectivity index (χ2v) is 6.08. The molecule has 1 aliphatic heterocycles. The largest absolute Gasteiger partial charge is 0.507 e. The number of phenolic OH excluding ortho intramolecular Hbond substituents is 1. The standard InChI is InChI=1S/C17H16O7/c1-17(2)14(22-4-3-18)6-10-12(24-17)7-13-15(16(10)21)11(20)5-9(8-19)23-13/h4-5,7,14,19,21H,6,8H2,1-2H3/t14-/m0/s1. The van der Waals surface area contributed by atoms with Crippen LogP contribution in [0, 0.1) is 0 Å². The molecule has 1 aromatic carbocycles. The number of fused-ring (bicyclic) bond motifs is 2. The van der Waals surface area contributed by atoms with Crippen molar-refractivity contribution in [3.05, 3.63) is 39.9 Å². The number of benzene rings is 1. The maximum atomic E-state index is 12.2. The van der Waals surface area contributed by atoms with Crippen LogP contribution in [-0.2, 0) is 22.6 Å². The van der Waals surface area contributed by atoms with Crippen LogP contribution in [0.3, 0.4) is 0 Å². The number of hydrogen-bond acceptors (Lipinski definition) is 7. The summed E-state index contributed by atoms with van der Waals surface area (Å²) in [5.74, 6) is 1.74. The smallest absolute Gasteiger partial charge is 0.196 e. The Labute approximate surface area is 136 Å². The van der Waals surface area contributed by atoms with Crippen molar-refractivity contribution in [1.82, 2.24) is 0 Å². The lowest BCUT2D eigenvalue weighted by atomic mass is 9.89. The van der Waals surface area contributed by atoms with Crippen molar-refractivity contribution in [2.24, 2.45) is 0 Å². The first-order valence-electron chi connectivity index (χ1n) is 7.33. The maximum absolute atomic E-state index is 12.2. The van der Waals surface area contributed by atoms with E-state index in [1.165, 1.54) is 12.0 Å². The van der Waals surface area contributed by atoms with Gasteiger partial charge in [-0.05, 0) is 13.8 Å². The summed E-state index contributed by atoms with van der Waals surface area (Å²) < 4.78 is 16.6. The minimum absolute atomic E-state index is 0.0129. The number of aromatic hydroxyl groups is 1. The van der Waals surface area contributed by atoms with Crippen molar-refractivity contribution >= 4 is 16.9 Å². The Bertz CT molecular complexity index is 903. The number of phenols is 1. The molecule has 0 aliphatic carbocycles. The molecule has 0 saturated carbocycles. The number of rotatable bonds is 3. The molecule has 0 spiro atoms. The Kier molecular flexibility index (Phi) is 3.83. The lowest BCUT2D eigenvalue weighted by molar-refractivity contribution is -0.0480. The highest BCUT2D eigenvalue weighted by Gasteiger charge is 2.40. The van der Waals surface area contributed by atoms with Crippen LogP contribution in [0.2, 0.25) is 0 Å². The summed E-state index contributed by atoms with van der Waals surface area (Å²) >= 11 is 0. The molecule has 0 fully saturated rings. The van der Waals surface area contributed by atoms with Crippen LogP contribution >= 0.6 is 0 Å². The number of hydrogen-bond donors (Lipinski definition) is 2. The van der Waals surface area contributed by atoms with E-state index in [1.807, 2.05) is 0 Å². The third-order valence-corrected chi connectivity index (χ3v) is 4.08. The normalized spacial score (nSPS) is 18.4. The fourth-order valence-electron chi connectivity index (χ4n) is 2.84. The zero-order chi connectivity index (χ0) is 17.5. The first-order chi connectivity index (χ1) is 11.4. The third-order valence-electron chi connectivity index (χ3n) is 4.08. The monoisotopic (exact) mass is 332 g/mol. The van der Waals surface area contributed by atoms with Gasteiger partial charge in [-0.3, -0.25) is 4.79 Å². The molecule has 1 aliphatic rings. The number of aliphatic hydroxyl groups is 1. The van der Waals surface area contributed by atoms with Crippen molar-refractivity contribution in [2.45, 2.75) is 38.6 Å². The van der Waals surface area contributed by atoms with Gasteiger partial charge in [-0.2, -0.15) is 0 Å². The molecule has 3 rings (SSSR count). The molecule has 126 valence electrons. The molecule has 7 heteroatoms. The van der Waals surface area contributed by atoms with E-state index in [-0.39, 0.29) is 28.9 Å². The van der Waals surface area contributed by atoms with E-state index in [1.54, 1.807) is 13.8 Å². The van der Waals surface area contributed by atoms with Crippen LogP contribution in [0.15, 0.2) is 27.6 Å². The SMILES string of the molecule is CC1(C)Oc2cc3oc(CO)cc(=O)c3c(O)c2C[C@@H]1OC=C=O. The van der Waals surface area contributed by atoms with Crippen LogP contribution in [-0.4, -0.2) is 27.9 Å². The summed E-state index contributed by atoms with van der Waals surface area (Å²) in [7, 11) is 0. The average Bonchev–Trinajstić information content (AvgIpc) is 2.52.